The van der Waals surface area contributed by atoms with Gasteiger partial charge in [0.2, 0.25) is 5.91 Å². The average Bonchev–Trinajstić information content (AvgIpc) is 2.71. The summed E-state index contributed by atoms with van der Waals surface area (Å²) in [6.07, 6.45) is -4.36. The van der Waals surface area contributed by atoms with Gasteiger partial charge in [0.25, 0.3) is 0 Å². The first-order chi connectivity index (χ1) is 14.6. The summed E-state index contributed by atoms with van der Waals surface area (Å²) < 4.78 is 41.0. The first-order valence-electron chi connectivity index (χ1n) is 9.76. The summed E-state index contributed by atoms with van der Waals surface area (Å²) in [5, 5.41) is 8.12. The summed E-state index contributed by atoms with van der Waals surface area (Å²) in [5.41, 5.74) is 1.98. The molecule has 0 heterocycles. The lowest BCUT2D eigenvalue weighted by Crippen LogP contribution is -2.50. The highest BCUT2D eigenvalue weighted by atomic mass is 19.4. The number of anilines is 1. The zero-order valence-electron chi connectivity index (χ0n) is 17.3. The molecule has 0 aliphatic heterocycles. The second-order valence-electron chi connectivity index (χ2n) is 7.33. The Bertz CT molecular complexity index is 841. The van der Waals surface area contributed by atoms with Crippen LogP contribution in [-0.2, 0) is 22.7 Å². The molecule has 3 amide bonds. The molecule has 2 rings (SSSR count). The monoisotopic (exact) mass is 437 g/mol. The fourth-order valence-corrected chi connectivity index (χ4v) is 2.70. The Morgan fingerprint density at radius 1 is 0.968 bits per heavy atom. The van der Waals surface area contributed by atoms with Crippen LogP contribution in [0, 0.1) is 5.92 Å². The number of para-hydroxylation sites is 1. The molecule has 168 valence electrons. The van der Waals surface area contributed by atoms with Crippen molar-refractivity contribution in [2.75, 3.05) is 11.9 Å². The van der Waals surface area contributed by atoms with Gasteiger partial charge in [-0.3, -0.25) is 4.79 Å². The molecule has 0 aromatic heterocycles. The number of carbonyl (C=O) groups is 2. The maximum Gasteiger partial charge on any atom is 0.411 e. The van der Waals surface area contributed by atoms with Crippen LogP contribution in [0.4, 0.5) is 23.7 Å². The summed E-state index contributed by atoms with van der Waals surface area (Å²) in [5.74, 6) is -0.481. The van der Waals surface area contributed by atoms with Crippen LogP contribution in [0.3, 0.4) is 0 Å². The fraction of sp³-hybridized carbons (Fsp3) is 0.364. The molecular weight excluding hydrogens is 411 g/mol. The lowest BCUT2D eigenvalue weighted by atomic mass is 10.0. The van der Waals surface area contributed by atoms with Gasteiger partial charge in [-0.25, -0.2) is 4.79 Å². The van der Waals surface area contributed by atoms with Crippen molar-refractivity contribution in [2.24, 2.45) is 5.92 Å². The van der Waals surface area contributed by atoms with Gasteiger partial charge in [-0.2, -0.15) is 13.2 Å². The Labute approximate surface area is 179 Å². The summed E-state index contributed by atoms with van der Waals surface area (Å²) in [6, 6.07) is 14.3. The van der Waals surface area contributed by atoms with Crippen LogP contribution in [0.15, 0.2) is 54.6 Å². The number of urea groups is 1. The van der Waals surface area contributed by atoms with E-state index in [9.17, 15) is 22.8 Å². The fourth-order valence-electron chi connectivity index (χ4n) is 2.70. The Kier molecular flexibility index (Phi) is 8.87. The molecule has 0 radical (unpaired) electrons. The molecule has 0 saturated carbocycles. The third kappa shape index (κ3) is 9.08. The molecular formula is C22H26F3N3O3. The van der Waals surface area contributed by atoms with E-state index in [0.29, 0.717) is 11.3 Å². The second-order valence-corrected chi connectivity index (χ2v) is 7.33. The van der Waals surface area contributed by atoms with Gasteiger partial charge in [0.05, 0.1) is 6.61 Å². The third-order valence-electron chi connectivity index (χ3n) is 4.29. The van der Waals surface area contributed by atoms with Gasteiger partial charge in [0.1, 0.15) is 12.6 Å². The van der Waals surface area contributed by atoms with E-state index in [2.05, 4.69) is 20.7 Å². The van der Waals surface area contributed by atoms with E-state index in [-0.39, 0.29) is 25.0 Å². The van der Waals surface area contributed by atoms with Gasteiger partial charge in [-0.15, -0.1) is 0 Å². The molecule has 6 nitrogen and oxygen atoms in total. The quantitative estimate of drug-likeness (QED) is 0.549. The number of carbonyl (C=O) groups excluding carboxylic acids is 2. The highest BCUT2D eigenvalue weighted by Crippen LogP contribution is 2.16. The van der Waals surface area contributed by atoms with Crippen molar-refractivity contribution in [3.63, 3.8) is 0 Å². The van der Waals surface area contributed by atoms with E-state index in [4.69, 9.17) is 0 Å². The highest BCUT2D eigenvalue weighted by molar-refractivity contribution is 5.93. The molecule has 0 aliphatic carbocycles. The second kappa shape index (κ2) is 11.4. The van der Waals surface area contributed by atoms with Crippen LogP contribution in [0.1, 0.15) is 25.0 Å². The van der Waals surface area contributed by atoms with E-state index >= 15 is 0 Å². The number of ether oxygens (including phenoxy) is 1. The highest BCUT2D eigenvalue weighted by Gasteiger charge is 2.27. The van der Waals surface area contributed by atoms with Crippen molar-refractivity contribution in [1.29, 1.82) is 0 Å². The first kappa shape index (κ1) is 24.2. The van der Waals surface area contributed by atoms with Crippen LogP contribution in [-0.4, -0.2) is 30.8 Å². The maximum atomic E-state index is 12.6. The number of alkyl halides is 3. The van der Waals surface area contributed by atoms with E-state index in [1.807, 2.05) is 19.9 Å². The minimum atomic E-state index is -4.36. The number of hydrogen-bond acceptors (Lipinski definition) is 3. The third-order valence-corrected chi connectivity index (χ3v) is 4.29. The Hall–Kier alpha value is -3.07. The van der Waals surface area contributed by atoms with Crippen molar-refractivity contribution < 1.29 is 27.5 Å². The Morgan fingerprint density at radius 2 is 1.58 bits per heavy atom. The number of amides is 3. The number of benzene rings is 2. The molecule has 3 N–H and O–H groups in total. The minimum absolute atomic E-state index is 0.144. The lowest BCUT2D eigenvalue weighted by Gasteiger charge is -2.22. The number of hydrogen-bond donors (Lipinski definition) is 3. The van der Waals surface area contributed by atoms with Gasteiger partial charge in [0, 0.05) is 12.2 Å². The normalized spacial score (nSPS) is 12.3. The molecule has 0 spiro atoms. The molecule has 0 saturated heterocycles. The van der Waals surface area contributed by atoms with Gasteiger partial charge in [0.15, 0.2) is 0 Å². The Morgan fingerprint density at radius 3 is 2.16 bits per heavy atom. The zero-order valence-corrected chi connectivity index (χ0v) is 17.3. The lowest BCUT2D eigenvalue weighted by molar-refractivity contribution is -0.176. The maximum absolute atomic E-state index is 12.6. The standard InChI is InChI=1S/C22H26F3N3O3/c1-15(2)19(28-21(30)27-18-6-4-3-5-7-18)20(29)26-12-16-8-10-17(11-9-16)13-31-14-22(23,24)25/h3-11,15,19H,12-14H2,1-2H3,(H,26,29)(H2,27,28,30). The van der Waals surface area contributed by atoms with E-state index in [0.717, 1.165) is 5.56 Å². The molecule has 2 aromatic carbocycles. The SMILES string of the molecule is CC(C)C(NC(=O)Nc1ccccc1)C(=O)NCc1ccc(COCC(F)(F)F)cc1. The van der Waals surface area contributed by atoms with E-state index in [1.54, 1.807) is 48.5 Å². The van der Waals surface area contributed by atoms with Crippen molar-refractivity contribution in [3.05, 3.63) is 65.7 Å². The minimum Gasteiger partial charge on any atom is -0.367 e. The van der Waals surface area contributed by atoms with Gasteiger partial charge < -0.3 is 20.7 Å². The molecule has 2 aromatic rings. The summed E-state index contributed by atoms with van der Waals surface area (Å²) in [7, 11) is 0. The largest absolute Gasteiger partial charge is 0.411 e. The van der Waals surface area contributed by atoms with Gasteiger partial charge in [-0.1, -0.05) is 56.3 Å². The van der Waals surface area contributed by atoms with E-state index in [1.165, 1.54) is 0 Å². The van der Waals surface area contributed by atoms with Crippen LogP contribution in [0.5, 0.6) is 0 Å². The molecule has 0 bridgehead atoms. The number of nitrogens with one attached hydrogen (secondary N) is 3. The van der Waals surface area contributed by atoms with Crippen molar-refractivity contribution >= 4 is 17.6 Å². The number of halogens is 3. The van der Waals surface area contributed by atoms with Crippen molar-refractivity contribution in [3.8, 4) is 0 Å². The predicted octanol–water partition coefficient (Wildman–Crippen LogP) is 4.23. The first-order valence-corrected chi connectivity index (χ1v) is 9.76. The van der Waals surface area contributed by atoms with Crippen LogP contribution < -0.4 is 16.0 Å². The molecule has 9 heteroatoms. The van der Waals surface area contributed by atoms with Crippen LogP contribution >= 0.6 is 0 Å². The molecule has 0 aliphatic rings. The zero-order chi connectivity index (χ0) is 22.9. The number of rotatable bonds is 9. The molecule has 1 atom stereocenters. The van der Waals surface area contributed by atoms with Crippen LogP contribution in [0.2, 0.25) is 0 Å². The smallest absolute Gasteiger partial charge is 0.367 e. The summed E-state index contributed by atoms with van der Waals surface area (Å²) in [6.45, 7) is 2.41. The Balaban J connectivity index is 1.83. The topological polar surface area (TPSA) is 79.5 Å². The molecule has 31 heavy (non-hydrogen) atoms. The van der Waals surface area contributed by atoms with Gasteiger partial charge in [-0.05, 0) is 29.2 Å². The van der Waals surface area contributed by atoms with E-state index < -0.39 is 24.9 Å². The molecule has 0 fully saturated rings. The summed E-state index contributed by atoms with van der Waals surface area (Å²) >= 11 is 0. The van der Waals surface area contributed by atoms with Crippen molar-refractivity contribution in [1.82, 2.24) is 10.6 Å². The molecule has 1 unspecified atom stereocenters. The van der Waals surface area contributed by atoms with Gasteiger partial charge >= 0.3 is 12.2 Å². The van der Waals surface area contributed by atoms with Crippen LogP contribution in [0.25, 0.3) is 0 Å². The predicted molar refractivity (Wildman–Crippen MR) is 111 cm³/mol. The average molecular weight is 437 g/mol. The van der Waals surface area contributed by atoms with Crippen molar-refractivity contribution in [2.45, 2.75) is 39.2 Å². The summed E-state index contributed by atoms with van der Waals surface area (Å²) in [4.78, 5) is 24.8.